The topological polar surface area (TPSA) is 43.9 Å². The molecule has 0 radical (unpaired) electrons. The number of likely N-dealkylation sites (tertiary alicyclic amines) is 1. The molecule has 5 nitrogen and oxygen atoms in total. The molecule has 158 valence electrons. The molecular weight excluding hydrogens is 362 g/mol. The first-order valence-corrected chi connectivity index (χ1v) is 10.9. The van der Waals surface area contributed by atoms with Gasteiger partial charge in [0, 0.05) is 19.6 Å². The Bertz CT molecular complexity index is 806. The van der Waals surface area contributed by atoms with E-state index in [0.29, 0.717) is 17.8 Å². The fourth-order valence-electron chi connectivity index (χ4n) is 4.52. The van der Waals surface area contributed by atoms with E-state index in [9.17, 15) is 9.59 Å². The van der Waals surface area contributed by atoms with Gasteiger partial charge < -0.3 is 9.80 Å². The monoisotopic (exact) mass is 397 g/mol. The number of hydrogen-bond donors (Lipinski definition) is 0. The number of imide groups is 1. The second-order valence-electron chi connectivity index (χ2n) is 8.66. The molecule has 0 aliphatic carbocycles. The largest absolute Gasteiger partial charge is 0.366 e. The Morgan fingerprint density at radius 3 is 2.38 bits per heavy atom. The predicted octanol–water partition coefficient (Wildman–Crippen LogP) is 3.60. The minimum absolute atomic E-state index is 0.123. The third-order valence-corrected chi connectivity index (χ3v) is 6.37. The third kappa shape index (κ3) is 4.40. The second kappa shape index (κ2) is 9.12. The van der Waals surface area contributed by atoms with Crippen LogP contribution in [0.5, 0.6) is 0 Å². The summed E-state index contributed by atoms with van der Waals surface area (Å²) in [7, 11) is 4.13. The molecule has 2 aliphatic rings. The maximum absolute atomic E-state index is 13.4. The van der Waals surface area contributed by atoms with Crippen molar-refractivity contribution in [2.45, 2.75) is 58.9 Å². The lowest BCUT2D eigenvalue weighted by atomic mass is 9.96. The van der Waals surface area contributed by atoms with Crippen LogP contribution in [0.15, 0.2) is 23.9 Å². The molecule has 29 heavy (non-hydrogen) atoms. The van der Waals surface area contributed by atoms with Crippen molar-refractivity contribution in [1.29, 1.82) is 0 Å². The van der Waals surface area contributed by atoms with Gasteiger partial charge in [-0.1, -0.05) is 43.5 Å². The van der Waals surface area contributed by atoms with Crippen molar-refractivity contribution >= 4 is 17.4 Å². The van der Waals surface area contributed by atoms with Crippen LogP contribution < -0.4 is 0 Å². The molecule has 1 aromatic rings. The van der Waals surface area contributed by atoms with Gasteiger partial charge in [0.1, 0.15) is 5.70 Å². The predicted molar refractivity (Wildman–Crippen MR) is 117 cm³/mol. The van der Waals surface area contributed by atoms with Gasteiger partial charge in [0.25, 0.3) is 11.8 Å². The van der Waals surface area contributed by atoms with Gasteiger partial charge in [-0.3, -0.25) is 14.5 Å². The van der Waals surface area contributed by atoms with Crippen molar-refractivity contribution in [2.24, 2.45) is 0 Å². The number of likely N-dealkylation sites (N-methyl/N-ethyl adjacent to an activating group) is 1. The van der Waals surface area contributed by atoms with Crippen LogP contribution in [0.2, 0.25) is 0 Å². The van der Waals surface area contributed by atoms with E-state index in [-0.39, 0.29) is 17.9 Å². The number of amides is 2. The Morgan fingerprint density at radius 2 is 1.76 bits per heavy atom. The third-order valence-electron chi connectivity index (χ3n) is 6.37. The highest BCUT2D eigenvalue weighted by atomic mass is 16.2. The maximum Gasteiger partial charge on any atom is 0.277 e. The molecule has 5 heteroatoms. The van der Waals surface area contributed by atoms with Crippen LogP contribution in [0.1, 0.15) is 55.7 Å². The molecule has 2 aliphatic heterocycles. The zero-order valence-electron chi connectivity index (χ0n) is 18.6. The zero-order chi connectivity index (χ0) is 21.1. The highest BCUT2D eigenvalue weighted by Crippen LogP contribution is 2.35. The van der Waals surface area contributed by atoms with Crippen LogP contribution in [0.25, 0.3) is 5.57 Å². The van der Waals surface area contributed by atoms with Crippen LogP contribution in [-0.4, -0.2) is 66.3 Å². The first-order valence-electron chi connectivity index (χ1n) is 10.9. The lowest BCUT2D eigenvalue weighted by molar-refractivity contribution is -0.137. The van der Waals surface area contributed by atoms with Crippen molar-refractivity contribution in [3.63, 3.8) is 0 Å². The normalized spacial score (nSPS) is 18.9. The number of nitrogens with zero attached hydrogens (tertiary/aromatic N) is 3. The molecule has 2 amide bonds. The lowest BCUT2D eigenvalue weighted by Gasteiger charge is -2.36. The summed E-state index contributed by atoms with van der Waals surface area (Å²) in [6, 6.07) is 6.41. The van der Waals surface area contributed by atoms with Gasteiger partial charge >= 0.3 is 0 Å². The standard InChI is InChI=1S/C24H35N3O2/c1-6-7-8-13-27-23(28)21(20-10-9-17(2)16-18(20)3)22(24(27)29)26(5)19-11-14-25(4)15-12-19/h9-10,16,19H,6-8,11-15H2,1-5H3. The fraction of sp³-hybridized carbons (Fsp3) is 0.583. The van der Waals surface area contributed by atoms with Gasteiger partial charge in [-0.25, -0.2) is 0 Å². The maximum atomic E-state index is 13.4. The van der Waals surface area contributed by atoms with E-state index in [1.807, 2.05) is 26.1 Å². The van der Waals surface area contributed by atoms with E-state index in [1.54, 1.807) is 0 Å². The Hall–Kier alpha value is -2.14. The number of carbonyl (C=O) groups excluding carboxylic acids is 2. The summed E-state index contributed by atoms with van der Waals surface area (Å²) < 4.78 is 0. The Morgan fingerprint density at radius 1 is 1.07 bits per heavy atom. The van der Waals surface area contributed by atoms with E-state index >= 15 is 0 Å². The van der Waals surface area contributed by atoms with E-state index < -0.39 is 0 Å². The Labute approximate surface area is 175 Å². The van der Waals surface area contributed by atoms with Crippen LogP contribution in [0.4, 0.5) is 0 Å². The number of piperidine rings is 1. The van der Waals surface area contributed by atoms with Gasteiger partial charge in [-0.05, 0) is 64.4 Å². The molecule has 1 saturated heterocycles. The van der Waals surface area contributed by atoms with Gasteiger partial charge in [-0.15, -0.1) is 0 Å². The van der Waals surface area contributed by atoms with Crippen molar-refractivity contribution < 1.29 is 9.59 Å². The molecule has 0 N–H and O–H groups in total. The minimum Gasteiger partial charge on any atom is -0.366 e. The summed E-state index contributed by atoms with van der Waals surface area (Å²) in [5.74, 6) is -0.254. The van der Waals surface area contributed by atoms with Crippen molar-refractivity contribution in [3.8, 4) is 0 Å². The van der Waals surface area contributed by atoms with Crippen LogP contribution >= 0.6 is 0 Å². The molecule has 0 aromatic heterocycles. The highest BCUT2D eigenvalue weighted by molar-refractivity contribution is 6.35. The molecular formula is C24H35N3O2. The average molecular weight is 398 g/mol. The molecule has 2 heterocycles. The molecule has 0 spiro atoms. The zero-order valence-corrected chi connectivity index (χ0v) is 18.6. The minimum atomic E-state index is -0.132. The summed E-state index contributed by atoms with van der Waals surface area (Å²) >= 11 is 0. The van der Waals surface area contributed by atoms with E-state index in [1.165, 1.54) is 4.90 Å². The molecule has 3 rings (SSSR count). The summed E-state index contributed by atoms with van der Waals surface area (Å²) in [5.41, 5.74) is 4.28. The average Bonchev–Trinajstić information content (AvgIpc) is 2.93. The van der Waals surface area contributed by atoms with Crippen LogP contribution in [0, 0.1) is 13.8 Å². The summed E-state index contributed by atoms with van der Waals surface area (Å²) in [5, 5.41) is 0. The molecule has 0 atom stereocenters. The molecule has 0 unspecified atom stereocenters. The first kappa shape index (κ1) is 21.6. The number of benzene rings is 1. The summed E-state index contributed by atoms with van der Waals surface area (Å²) in [6.07, 6.45) is 4.97. The molecule has 0 saturated carbocycles. The van der Waals surface area contributed by atoms with Gasteiger partial charge in [0.15, 0.2) is 0 Å². The molecule has 0 bridgehead atoms. The number of unbranched alkanes of at least 4 members (excludes halogenated alkanes) is 2. The molecule has 1 aromatic carbocycles. The quantitative estimate of drug-likeness (QED) is 0.521. The highest BCUT2D eigenvalue weighted by Gasteiger charge is 2.42. The number of aryl methyl sites for hydroxylation is 2. The Balaban J connectivity index is 2.00. The lowest BCUT2D eigenvalue weighted by Crippen LogP contribution is -2.43. The number of hydrogen-bond acceptors (Lipinski definition) is 4. The van der Waals surface area contributed by atoms with Gasteiger partial charge in [-0.2, -0.15) is 0 Å². The van der Waals surface area contributed by atoms with Crippen molar-refractivity contribution in [3.05, 3.63) is 40.6 Å². The summed E-state index contributed by atoms with van der Waals surface area (Å²) in [6.45, 7) is 8.75. The van der Waals surface area contributed by atoms with Gasteiger partial charge in [0.05, 0.1) is 5.57 Å². The number of carbonyl (C=O) groups is 2. The SMILES string of the molecule is CCCCCN1C(=O)C(c2ccc(C)cc2C)=C(N(C)C2CCN(C)CC2)C1=O. The van der Waals surface area contributed by atoms with E-state index in [4.69, 9.17) is 0 Å². The first-order chi connectivity index (χ1) is 13.8. The smallest absolute Gasteiger partial charge is 0.277 e. The number of rotatable bonds is 7. The van der Waals surface area contributed by atoms with Crippen molar-refractivity contribution in [2.75, 3.05) is 33.7 Å². The fourth-order valence-corrected chi connectivity index (χ4v) is 4.52. The summed E-state index contributed by atoms with van der Waals surface area (Å²) in [4.78, 5) is 32.7. The van der Waals surface area contributed by atoms with Crippen LogP contribution in [-0.2, 0) is 9.59 Å². The van der Waals surface area contributed by atoms with Crippen molar-refractivity contribution in [1.82, 2.24) is 14.7 Å². The molecule has 1 fully saturated rings. The van der Waals surface area contributed by atoms with E-state index in [0.717, 1.165) is 61.9 Å². The Kier molecular flexibility index (Phi) is 6.78. The van der Waals surface area contributed by atoms with Gasteiger partial charge in [0.2, 0.25) is 0 Å². The van der Waals surface area contributed by atoms with E-state index in [2.05, 4.69) is 36.8 Å². The second-order valence-corrected chi connectivity index (χ2v) is 8.66. The van der Waals surface area contributed by atoms with Crippen LogP contribution in [0.3, 0.4) is 0 Å².